The number of anilines is 1. The molecule has 1 unspecified atom stereocenters. The molecular formula is C19H28N2O2. The molecule has 1 aliphatic heterocycles. The van der Waals surface area contributed by atoms with Gasteiger partial charge in [-0.3, -0.25) is 9.59 Å². The predicted molar refractivity (Wildman–Crippen MR) is 93.4 cm³/mol. The molecule has 1 aliphatic rings. The molecule has 0 bridgehead atoms. The van der Waals surface area contributed by atoms with Crippen LogP contribution in [0.1, 0.15) is 69.8 Å². The molecule has 2 rings (SSSR count). The SMILES string of the molecule is CCCCCCCNC(=O)CCC1CC(=O)Nc2ccccc21. The zero-order chi connectivity index (χ0) is 16.5. The molecular weight excluding hydrogens is 288 g/mol. The van der Waals surface area contributed by atoms with Crippen LogP contribution in [0.4, 0.5) is 5.69 Å². The number of nitrogens with one attached hydrogen (secondary N) is 2. The van der Waals surface area contributed by atoms with Crippen LogP contribution in [0.25, 0.3) is 0 Å². The van der Waals surface area contributed by atoms with Crippen molar-refractivity contribution in [2.45, 2.75) is 64.2 Å². The predicted octanol–water partition coefficient (Wildman–Crippen LogP) is 3.98. The number of fused-ring (bicyclic) bond motifs is 1. The zero-order valence-corrected chi connectivity index (χ0v) is 14.1. The average Bonchev–Trinajstić information content (AvgIpc) is 2.55. The smallest absolute Gasteiger partial charge is 0.224 e. The summed E-state index contributed by atoms with van der Waals surface area (Å²) in [6.45, 7) is 2.97. The Labute approximate surface area is 139 Å². The fourth-order valence-electron chi connectivity index (χ4n) is 3.11. The quantitative estimate of drug-likeness (QED) is 0.677. The first-order chi connectivity index (χ1) is 11.2. The van der Waals surface area contributed by atoms with Gasteiger partial charge in [0.05, 0.1) is 0 Å². The van der Waals surface area contributed by atoms with Gasteiger partial charge in [0.15, 0.2) is 0 Å². The fraction of sp³-hybridized carbons (Fsp3) is 0.579. The Morgan fingerprint density at radius 1 is 1.22 bits per heavy atom. The zero-order valence-electron chi connectivity index (χ0n) is 14.1. The van der Waals surface area contributed by atoms with Gasteiger partial charge in [-0.2, -0.15) is 0 Å². The lowest BCUT2D eigenvalue weighted by molar-refractivity contribution is -0.122. The summed E-state index contributed by atoms with van der Waals surface area (Å²) in [7, 11) is 0. The van der Waals surface area contributed by atoms with E-state index in [-0.39, 0.29) is 17.7 Å². The van der Waals surface area contributed by atoms with Crippen molar-refractivity contribution < 1.29 is 9.59 Å². The van der Waals surface area contributed by atoms with Crippen molar-refractivity contribution in [2.75, 3.05) is 11.9 Å². The van der Waals surface area contributed by atoms with Crippen LogP contribution in [0.3, 0.4) is 0 Å². The minimum Gasteiger partial charge on any atom is -0.356 e. The molecule has 0 aliphatic carbocycles. The van der Waals surface area contributed by atoms with Crippen molar-refractivity contribution in [3.63, 3.8) is 0 Å². The molecule has 0 fully saturated rings. The molecule has 1 heterocycles. The lowest BCUT2D eigenvalue weighted by atomic mass is 9.87. The van der Waals surface area contributed by atoms with Crippen LogP contribution in [-0.2, 0) is 9.59 Å². The summed E-state index contributed by atoms with van der Waals surface area (Å²) >= 11 is 0. The maximum atomic E-state index is 12.0. The minimum atomic E-state index is 0.0463. The number of benzene rings is 1. The number of carbonyl (C=O) groups excluding carboxylic acids is 2. The maximum absolute atomic E-state index is 12.0. The minimum absolute atomic E-state index is 0.0463. The first kappa shape index (κ1) is 17.5. The van der Waals surface area contributed by atoms with Crippen LogP contribution in [-0.4, -0.2) is 18.4 Å². The van der Waals surface area contributed by atoms with E-state index in [4.69, 9.17) is 0 Å². The van der Waals surface area contributed by atoms with E-state index in [2.05, 4.69) is 17.6 Å². The molecule has 1 aromatic carbocycles. The number of carbonyl (C=O) groups is 2. The number of unbranched alkanes of at least 4 members (excludes halogenated alkanes) is 4. The molecule has 2 amide bonds. The van der Waals surface area contributed by atoms with Crippen molar-refractivity contribution in [3.05, 3.63) is 29.8 Å². The summed E-state index contributed by atoms with van der Waals surface area (Å²) in [6.07, 6.45) is 7.69. The van der Waals surface area contributed by atoms with E-state index >= 15 is 0 Å². The van der Waals surface area contributed by atoms with Gasteiger partial charge in [-0.25, -0.2) is 0 Å². The largest absolute Gasteiger partial charge is 0.356 e. The Balaban J connectivity index is 1.71. The van der Waals surface area contributed by atoms with Gasteiger partial charge in [0.1, 0.15) is 0 Å². The van der Waals surface area contributed by atoms with Crippen LogP contribution in [0.5, 0.6) is 0 Å². The molecule has 126 valence electrons. The van der Waals surface area contributed by atoms with Crippen LogP contribution in [0.15, 0.2) is 24.3 Å². The highest BCUT2D eigenvalue weighted by molar-refractivity contribution is 5.94. The summed E-state index contributed by atoms with van der Waals surface area (Å²) in [5.41, 5.74) is 2.05. The highest BCUT2D eigenvalue weighted by atomic mass is 16.2. The van der Waals surface area contributed by atoms with E-state index in [0.717, 1.165) is 30.6 Å². The lowest BCUT2D eigenvalue weighted by Gasteiger charge is -2.25. The Bertz CT molecular complexity index is 528. The third-order valence-corrected chi connectivity index (χ3v) is 4.43. The first-order valence-electron chi connectivity index (χ1n) is 8.86. The summed E-state index contributed by atoms with van der Waals surface area (Å²) in [6, 6.07) is 7.88. The summed E-state index contributed by atoms with van der Waals surface area (Å²) < 4.78 is 0. The third kappa shape index (κ3) is 5.70. The lowest BCUT2D eigenvalue weighted by Crippen LogP contribution is -2.27. The number of hydrogen-bond donors (Lipinski definition) is 2. The summed E-state index contributed by atoms with van der Waals surface area (Å²) in [5.74, 6) is 0.296. The van der Waals surface area contributed by atoms with E-state index in [1.165, 1.54) is 25.7 Å². The molecule has 0 saturated heterocycles. The van der Waals surface area contributed by atoms with Crippen molar-refractivity contribution in [1.29, 1.82) is 0 Å². The second kappa shape index (κ2) is 9.33. The van der Waals surface area contributed by atoms with Crippen LogP contribution in [0, 0.1) is 0 Å². The highest BCUT2D eigenvalue weighted by Crippen LogP contribution is 2.34. The van der Waals surface area contributed by atoms with Gasteiger partial charge in [0, 0.05) is 25.1 Å². The monoisotopic (exact) mass is 316 g/mol. The second-order valence-corrected chi connectivity index (χ2v) is 6.34. The Morgan fingerprint density at radius 3 is 2.83 bits per heavy atom. The Kier molecular flexibility index (Phi) is 7.11. The van der Waals surface area contributed by atoms with E-state index < -0.39 is 0 Å². The summed E-state index contributed by atoms with van der Waals surface area (Å²) in [5, 5.41) is 5.89. The average molecular weight is 316 g/mol. The van der Waals surface area contributed by atoms with Crippen LogP contribution >= 0.6 is 0 Å². The highest BCUT2D eigenvalue weighted by Gasteiger charge is 2.24. The van der Waals surface area contributed by atoms with Gasteiger partial charge in [-0.1, -0.05) is 50.8 Å². The van der Waals surface area contributed by atoms with E-state index in [1.807, 2.05) is 24.3 Å². The molecule has 0 radical (unpaired) electrons. The molecule has 0 saturated carbocycles. The van der Waals surface area contributed by atoms with Gasteiger partial charge < -0.3 is 10.6 Å². The topological polar surface area (TPSA) is 58.2 Å². The van der Waals surface area contributed by atoms with Crippen molar-refractivity contribution in [1.82, 2.24) is 5.32 Å². The normalized spacial score (nSPS) is 16.6. The third-order valence-electron chi connectivity index (χ3n) is 4.43. The standard InChI is InChI=1S/C19H28N2O2/c1-2-3-4-5-8-13-20-18(22)12-11-15-14-19(23)21-17-10-7-6-9-16(15)17/h6-7,9-10,15H,2-5,8,11-14H2,1H3,(H,20,22)(H,21,23). The Hall–Kier alpha value is -1.84. The number of amides is 2. The van der Waals surface area contributed by atoms with E-state index in [0.29, 0.717) is 12.8 Å². The molecule has 1 aromatic rings. The fourth-order valence-corrected chi connectivity index (χ4v) is 3.11. The van der Waals surface area contributed by atoms with Gasteiger partial charge in [-0.15, -0.1) is 0 Å². The number of rotatable bonds is 9. The van der Waals surface area contributed by atoms with Crippen LogP contribution in [0.2, 0.25) is 0 Å². The summed E-state index contributed by atoms with van der Waals surface area (Å²) in [4.78, 5) is 23.7. The molecule has 0 spiro atoms. The van der Waals surface area contributed by atoms with Crippen molar-refractivity contribution in [3.8, 4) is 0 Å². The van der Waals surface area contributed by atoms with E-state index in [9.17, 15) is 9.59 Å². The van der Waals surface area contributed by atoms with Gasteiger partial charge in [-0.05, 0) is 30.4 Å². The molecule has 4 heteroatoms. The molecule has 4 nitrogen and oxygen atoms in total. The molecule has 2 N–H and O–H groups in total. The van der Waals surface area contributed by atoms with Crippen molar-refractivity contribution >= 4 is 17.5 Å². The Morgan fingerprint density at radius 2 is 2.00 bits per heavy atom. The number of para-hydroxylation sites is 1. The molecule has 1 atom stereocenters. The van der Waals surface area contributed by atoms with E-state index in [1.54, 1.807) is 0 Å². The number of hydrogen-bond acceptors (Lipinski definition) is 2. The van der Waals surface area contributed by atoms with Crippen molar-refractivity contribution in [2.24, 2.45) is 0 Å². The van der Waals surface area contributed by atoms with Crippen LogP contribution < -0.4 is 10.6 Å². The first-order valence-corrected chi connectivity index (χ1v) is 8.86. The maximum Gasteiger partial charge on any atom is 0.224 e. The van der Waals surface area contributed by atoms with Gasteiger partial charge in [0.25, 0.3) is 0 Å². The van der Waals surface area contributed by atoms with Gasteiger partial charge >= 0.3 is 0 Å². The molecule has 23 heavy (non-hydrogen) atoms. The molecule has 0 aromatic heterocycles. The van der Waals surface area contributed by atoms with Gasteiger partial charge in [0.2, 0.25) is 11.8 Å². The second-order valence-electron chi connectivity index (χ2n) is 6.34.